The van der Waals surface area contributed by atoms with Gasteiger partial charge in [0, 0.05) is 0 Å². The van der Waals surface area contributed by atoms with Crippen molar-refractivity contribution in [1.29, 1.82) is 0 Å². The molecule has 0 unspecified atom stereocenters. The first-order valence-electron chi connectivity index (χ1n) is 2.59. The third-order valence-corrected chi connectivity index (χ3v) is 2.11. The van der Waals surface area contributed by atoms with Crippen LogP contribution in [0, 0.1) is 0 Å². The van der Waals surface area contributed by atoms with E-state index in [1.807, 2.05) is 0 Å². The molecule has 0 rings (SSSR count). The molecule has 0 heterocycles. The van der Waals surface area contributed by atoms with E-state index in [4.69, 9.17) is 11.6 Å². The lowest BCUT2D eigenvalue weighted by atomic mass is 10.4. The molecular formula is C5H9ClS2. The summed E-state index contributed by atoms with van der Waals surface area (Å²) in [6.45, 7) is 2.15. The van der Waals surface area contributed by atoms with Crippen LogP contribution in [0.15, 0.2) is 0 Å². The Morgan fingerprint density at radius 3 is 2.75 bits per heavy atom. The highest BCUT2D eigenvalue weighted by molar-refractivity contribution is 8.26. The topological polar surface area (TPSA) is 0 Å². The molecule has 0 amide bonds. The maximum atomic E-state index is 5.41. The summed E-state index contributed by atoms with van der Waals surface area (Å²) in [4.78, 5) is 0. The molecule has 0 aromatic rings. The predicted octanol–water partition coefficient (Wildman–Crippen LogP) is 3.04. The first-order chi connectivity index (χ1) is 3.77. The second-order valence-corrected chi connectivity index (χ2v) is 4.04. The zero-order valence-corrected chi connectivity index (χ0v) is 7.20. The number of hydrogen-bond acceptors (Lipinski definition) is 2. The summed E-state index contributed by atoms with van der Waals surface area (Å²) in [6, 6.07) is 0. The van der Waals surface area contributed by atoms with Gasteiger partial charge < -0.3 is 0 Å². The van der Waals surface area contributed by atoms with E-state index in [9.17, 15) is 0 Å². The Morgan fingerprint density at radius 2 is 2.38 bits per heavy atom. The molecule has 0 spiro atoms. The lowest BCUT2D eigenvalue weighted by Gasteiger charge is -1.91. The van der Waals surface area contributed by atoms with Crippen LogP contribution in [0.3, 0.4) is 0 Å². The number of thiocarbonyl (C=S) groups is 1. The molecule has 0 aliphatic carbocycles. The first kappa shape index (κ1) is 8.73. The van der Waals surface area contributed by atoms with Gasteiger partial charge >= 0.3 is 0 Å². The minimum atomic E-state index is 0.540. The van der Waals surface area contributed by atoms with Crippen LogP contribution >= 0.6 is 35.6 Å². The fourth-order valence-corrected chi connectivity index (χ4v) is 1.37. The molecule has 0 atom stereocenters. The summed E-state index contributed by atoms with van der Waals surface area (Å²) in [5, 5.41) is 0. The van der Waals surface area contributed by atoms with E-state index in [1.165, 1.54) is 12.8 Å². The van der Waals surface area contributed by atoms with Gasteiger partial charge in [0.05, 0.1) is 0 Å². The zero-order valence-electron chi connectivity index (χ0n) is 4.82. The van der Waals surface area contributed by atoms with Crippen molar-refractivity contribution in [2.24, 2.45) is 0 Å². The molecule has 0 nitrogen and oxygen atoms in total. The molecule has 0 bridgehead atoms. The van der Waals surface area contributed by atoms with Crippen LogP contribution in [0.5, 0.6) is 0 Å². The van der Waals surface area contributed by atoms with Crippen LogP contribution in [-0.4, -0.2) is 9.41 Å². The van der Waals surface area contributed by atoms with Crippen LogP contribution in [-0.2, 0) is 0 Å². The highest BCUT2D eigenvalue weighted by Crippen LogP contribution is 2.09. The minimum absolute atomic E-state index is 0.540. The third kappa shape index (κ3) is 6.73. The molecule has 0 fully saturated rings. The SMILES string of the molecule is CCCCSC(=S)Cl. The molecule has 0 aliphatic heterocycles. The van der Waals surface area contributed by atoms with E-state index >= 15 is 0 Å². The highest BCUT2D eigenvalue weighted by Gasteiger charge is 1.88. The number of hydrogen-bond donors (Lipinski definition) is 0. The van der Waals surface area contributed by atoms with Gasteiger partial charge in [-0.15, -0.1) is 11.8 Å². The summed E-state index contributed by atoms with van der Waals surface area (Å²) >= 11 is 11.6. The van der Waals surface area contributed by atoms with Gasteiger partial charge in [-0.2, -0.15) is 0 Å². The van der Waals surface area contributed by atoms with Crippen molar-refractivity contribution in [3.63, 3.8) is 0 Å². The van der Waals surface area contributed by atoms with Gasteiger partial charge in [-0.3, -0.25) is 0 Å². The van der Waals surface area contributed by atoms with E-state index in [1.54, 1.807) is 11.8 Å². The van der Waals surface area contributed by atoms with Gasteiger partial charge in [0.15, 0.2) is 0 Å². The summed E-state index contributed by atoms with van der Waals surface area (Å²) in [5.74, 6) is 1.07. The van der Waals surface area contributed by atoms with Gasteiger partial charge in [-0.05, 0) is 12.2 Å². The molecule has 3 heteroatoms. The molecule has 0 aromatic carbocycles. The number of rotatable bonds is 3. The zero-order chi connectivity index (χ0) is 6.41. The summed E-state index contributed by atoms with van der Waals surface area (Å²) < 4.78 is 0.540. The van der Waals surface area contributed by atoms with Crippen LogP contribution < -0.4 is 0 Å². The second kappa shape index (κ2) is 5.86. The molecule has 0 aromatic heterocycles. The molecule has 0 radical (unpaired) electrons. The Bertz CT molecular complexity index is 72.8. The summed E-state index contributed by atoms with van der Waals surface area (Å²) in [7, 11) is 0. The number of thioether (sulfide) groups is 1. The van der Waals surface area contributed by atoms with Gasteiger partial charge in [-0.25, -0.2) is 0 Å². The number of unbranched alkanes of at least 4 members (excludes halogenated alkanes) is 1. The normalized spacial score (nSPS) is 9.25. The highest BCUT2D eigenvalue weighted by atomic mass is 35.5. The smallest absolute Gasteiger partial charge is 0.103 e. The van der Waals surface area contributed by atoms with E-state index in [2.05, 4.69) is 19.1 Å². The Hall–Kier alpha value is 0.730. The Morgan fingerprint density at radius 1 is 1.75 bits per heavy atom. The Labute approximate surface area is 65.0 Å². The van der Waals surface area contributed by atoms with Crippen molar-refractivity contribution >= 4 is 39.2 Å². The quantitative estimate of drug-likeness (QED) is 0.361. The van der Waals surface area contributed by atoms with Gasteiger partial charge in [-0.1, -0.05) is 37.2 Å². The average Bonchev–Trinajstić information content (AvgIpc) is 1.66. The van der Waals surface area contributed by atoms with Crippen molar-refractivity contribution in [1.82, 2.24) is 0 Å². The monoisotopic (exact) mass is 168 g/mol. The predicted molar refractivity (Wildman–Crippen MR) is 45.8 cm³/mol. The minimum Gasteiger partial charge on any atom is -0.103 e. The molecule has 0 N–H and O–H groups in total. The summed E-state index contributed by atoms with van der Waals surface area (Å²) in [6.07, 6.45) is 2.42. The van der Waals surface area contributed by atoms with Crippen molar-refractivity contribution in [2.45, 2.75) is 19.8 Å². The van der Waals surface area contributed by atoms with Crippen LogP contribution in [0.25, 0.3) is 0 Å². The maximum absolute atomic E-state index is 5.41. The van der Waals surface area contributed by atoms with Crippen molar-refractivity contribution < 1.29 is 0 Å². The fraction of sp³-hybridized carbons (Fsp3) is 0.800. The second-order valence-electron chi connectivity index (χ2n) is 1.44. The van der Waals surface area contributed by atoms with E-state index in [0.717, 1.165) is 5.75 Å². The lowest BCUT2D eigenvalue weighted by Crippen LogP contribution is -1.78. The van der Waals surface area contributed by atoms with Gasteiger partial charge in [0.1, 0.15) is 3.66 Å². The van der Waals surface area contributed by atoms with Crippen LogP contribution in [0.1, 0.15) is 19.8 Å². The standard InChI is InChI=1S/C5H9ClS2/c1-2-3-4-8-5(6)7/h2-4H2,1H3. The molecule has 0 saturated carbocycles. The van der Waals surface area contributed by atoms with Gasteiger partial charge in [0.25, 0.3) is 0 Å². The molecule has 0 aliphatic rings. The number of halogens is 1. The fourth-order valence-electron chi connectivity index (χ4n) is 0.297. The Balaban J connectivity index is 2.82. The van der Waals surface area contributed by atoms with Crippen molar-refractivity contribution in [3.05, 3.63) is 0 Å². The first-order valence-corrected chi connectivity index (χ1v) is 4.36. The van der Waals surface area contributed by atoms with E-state index < -0.39 is 0 Å². The van der Waals surface area contributed by atoms with Crippen LogP contribution in [0.4, 0.5) is 0 Å². The average molecular weight is 169 g/mol. The largest absolute Gasteiger partial charge is 0.137 e. The molecule has 0 saturated heterocycles. The van der Waals surface area contributed by atoms with Crippen molar-refractivity contribution in [3.8, 4) is 0 Å². The molecule has 48 valence electrons. The van der Waals surface area contributed by atoms with E-state index in [0.29, 0.717) is 3.66 Å². The summed E-state index contributed by atoms with van der Waals surface area (Å²) in [5.41, 5.74) is 0. The van der Waals surface area contributed by atoms with Crippen LogP contribution in [0.2, 0.25) is 0 Å². The van der Waals surface area contributed by atoms with Crippen molar-refractivity contribution in [2.75, 3.05) is 5.75 Å². The molecule has 8 heavy (non-hydrogen) atoms. The molecular weight excluding hydrogens is 160 g/mol. The van der Waals surface area contributed by atoms with Gasteiger partial charge in [0.2, 0.25) is 0 Å². The third-order valence-electron chi connectivity index (χ3n) is 0.713. The Kier molecular flexibility index (Phi) is 6.39. The maximum Gasteiger partial charge on any atom is 0.137 e. The lowest BCUT2D eigenvalue weighted by molar-refractivity contribution is 0.898. The van der Waals surface area contributed by atoms with E-state index in [-0.39, 0.29) is 0 Å².